The van der Waals surface area contributed by atoms with Crippen LogP contribution in [0.15, 0.2) is 18.2 Å². The van der Waals surface area contributed by atoms with E-state index in [9.17, 15) is 5.02 Å². The van der Waals surface area contributed by atoms with Gasteiger partial charge in [0.15, 0.2) is 0 Å². The quantitative estimate of drug-likeness (QED) is 0.532. The fourth-order valence-electron chi connectivity index (χ4n) is 1.38. The van der Waals surface area contributed by atoms with Crippen molar-refractivity contribution in [3.8, 4) is 6.07 Å². The topological polar surface area (TPSA) is 53.2 Å². The number of hydrogen-bond donors (Lipinski definition) is 1. The van der Waals surface area contributed by atoms with Gasteiger partial charge in [0, 0.05) is 5.46 Å². The van der Waals surface area contributed by atoms with Crippen molar-refractivity contribution in [1.29, 1.82) is 5.26 Å². The molecule has 1 aliphatic rings. The highest BCUT2D eigenvalue weighted by molar-refractivity contribution is 6.62. The van der Waals surface area contributed by atoms with Crippen LogP contribution in [-0.2, 0) is 11.3 Å². The Bertz CT molecular complexity index is 359. The summed E-state index contributed by atoms with van der Waals surface area (Å²) in [5.41, 5.74) is 2.03. The first-order chi connectivity index (χ1) is 5.83. The van der Waals surface area contributed by atoms with E-state index in [1.54, 1.807) is 12.1 Å². The first-order valence-corrected chi connectivity index (χ1v) is 3.64. The van der Waals surface area contributed by atoms with E-state index in [-0.39, 0.29) is 0 Å². The van der Waals surface area contributed by atoms with Gasteiger partial charge in [-0.2, -0.15) is 5.26 Å². The second-order valence-corrected chi connectivity index (χ2v) is 2.65. The molecule has 3 nitrogen and oxygen atoms in total. The van der Waals surface area contributed by atoms with E-state index in [1.807, 2.05) is 12.1 Å². The molecule has 0 amide bonds. The maximum atomic E-state index is 9.32. The van der Waals surface area contributed by atoms with Crippen LogP contribution >= 0.6 is 0 Å². The minimum Gasteiger partial charge on any atom is -0.423 e. The van der Waals surface area contributed by atoms with Crippen molar-refractivity contribution < 1.29 is 9.68 Å². The fraction of sp³-hybridized carbons (Fsp3) is 0.125. The van der Waals surface area contributed by atoms with Crippen LogP contribution in [0.3, 0.4) is 0 Å². The van der Waals surface area contributed by atoms with E-state index >= 15 is 0 Å². The van der Waals surface area contributed by atoms with E-state index in [0.717, 1.165) is 5.56 Å². The summed E-state index contributed by atoms with van der Waals surface area (Å²) >= 11 is 0. The summed E-state index contributed by atoms with van der Waals surface area (Å²) in [5.74, 6) is 0. The summed E-state index contributed by atoms with van der Waals surface area (Å²) in [4.78, 5) is 0. The van der Waals surface area contributed by atoms with Crippen molar-refractivity contribution in [2.75, 3.05) is 0 Å². The maximum absolute atomic E-state index is 9.32. The third-order valence-electron chi connectivity index (χ3n) is 1.96. The predicted molar refractivity (Wildman–Crippen MR) is 43.6 cm³/mol. The van der Waals surface area contributed by atoms with Gasteiger partial charge < -0.3 is 9.68 Å². The van der Waals surface area contributed by atoms with Gasteiger partial charge >= 0.3 is 7.12 Å². The van der Waals surface area contributed by atoms with Gasteiger partial charge in [-0.25, -0.2) is 0 Å². The minimum absolute atomic E-state index is 0.395. The van der Waals surface area contributed by atoms with Gasteiger partial charge in [-0.3, -0.25) is 0 Å². The van der Waals surface area contributed by atoms with Crippen LogP contribution in [0.25, 0.3) is 0 Å². The largest absolute Gasteiger partial charge is 0.493 e. The van der Waals surface area contributed by atoms with Crippen LogP contribution in [0.1, 0.15) is 11.1 Å². The fourth-order valence-corrected chi connectivity index (χ4v) is 1.38. The van der Waals surface area contributed by atoms with Gasteiger partial charge in [0.05, 0.1) is 18.2 Å². The SMILES string of the molecule is N#Cc1cccc2c1B(O)OC2. The molecule has 1 N–H and O–H groups in total. The van der Waals surface area contributed by atoms with E-state index in [0.29, 0.717) is 17.6 Å². The van der Waals surface area contributed by atoms with Crippen LogP contribution in [0.4, 0.5) is 0 Å². The Morgan fingerprint density at radius 2 is 2.42 bits per heavy atom. The number of hydrogen-bond acceptors (Lipinski definition) is 3. The molecular weight excluding hydrogens is 153 g/mol. The molecule has 0 bridgehead atoms. The van der Waals surface area contributed by atoms with Crippen molar-refractivity contribution in [2.24, 2.45) is 0 Å². The summed E-state index contributed by atoms with van der Waals surface area (Å²) < 4.78 is 4.97. The van der Waals surface area contributed by atoms with Gasteiger partial charge in [-0.1, -0.05) is 12.1 Å². The maximum Gasteiger partial charge on any atom is 0.493 e. The molecule has 4 heteroatoms. The molecule has 0 aliphatic carbocycles. The summed E-state index contributed by atoms with van der Waals surface area (Å²) in [6.45, 7) is 0.395. The smallest absolute Gasteiger partial charge is 0.423 e. The third-order valence-corrected chi connectivity index (χ3v) is 1.96. The number of fused-ring (bicyclic) bond motifs is 1. The van der Waals surface area contributed by atoms with Crippen molar-refractivity contribution in [3.63, 3.8) is 0 Å². The van der Waals surface area contributed by atoms with Crippen molar-refractivity contribution in [3.05, 3.63) is 29.3 Å². The molecule has 1 aromatic rings. The number of benzene rings is 1. The zero-order valence-electron chi connectivity index (χ0n) is 6.32. The van der Waals surface area contributed by atoms with Gasteiger partial charge in [0.2, 0.25) is 0 Å². The minimum atomic E-state index is -0.921. The first-order valence-electron chi connectivity index (χ1n) is 3.64. The Balaban J connectivity index is 2.62. The Hall–Kier alpha value is -1.31. The van der Waals surface area contributed by atoms with E-state index in [2.05, 4.69) is 0 Å². The Labute approximate surface area is 70.3 Å². The van der Waals surface area contributed by atoms with E-state index in [1.165, 1.54) is 0 Å². The second-order valence-electron chi connectivity index (χ2n) is 2.65. The predicted octanol–water partition coefficient (Wildman–Crippen LogP) is -0.224. The lowest BCUT2D eigenvalue weighted by Crippen LogP contribution is -2.30. The molecule has 0 atom stereocenters. The van der Waals surface area contributed by atoms with Crippen LogP contribution in [-0.4, -0.2) is 12.1 Å². The molecule has 0 radical (unpaired) electrons. The molecule has 12 heavy (non-hydrogen) atoms. The summed E-state index contributed by atoms with van der Waals surface area (Å²) in [6, 6.07) is 7.34. The number of nitriles is 1. The first kappa shape index (κ1) is 7.35. The molecule has 0 unspecified atom stereocenters. The lowest BCUT2D eigenvalue weighted by atomic mass is 9.76. The molecule has 0 saturated heterocycles. The summed E-state index contributed by atoms with van der Waals surface area (Å²) in [6.07, 6.45) is 0. The van der Waals surface area contributed by atoms with Gasteiger partial charge in [-0.15, -0.1) is 0 Å². The van der Waals surface area contributed by atoms with Crippen LogP contribution < -0.4 is 5.46 Å². The number of rotatable bonds is 0. The Morgan fingerprint density at radius 1 is 1.58 bits per heavy atom. The summed E-state index contributed by atoms with van der Waals surface area (Å²) in [7, 11) is -0.921. The molecule has 2 rings (SSSR count). The molecule has 0 spiro atoms. The molecular formula is C8H6BNO2. The molecule has 1 heterocycles. The van der Waals surface area contributed by atoms with Crippen molar-refractivity contribution in [1.82, 2.24) is 0 Å². The van der Waals surface area contributed by atoms with Crippen LogP contribution in [0, 0.1) is 11.3 Å². The molecule has 1 aliphatic heterocycles. The van der Waals surface area contributed by atoms with Gasteiger partial charge in [-0.05, 0) is 11.6 Å². The Kier molecular flexibility index (Phi) is 1.61. The monoisotopic (exact) mass is 159 g/mol. The highest BCUT2D eigenvalue weighted by atomic mass is 16.5. The number of nitrogens with zero attached hydrogens (tertiary/aromatic N) is 1. The van der Waals surface area contributed by atoms with Crippen molar-refractivity contribution >= 4 is 12.6 Å². The zero-order chi connectivity index (χ0) is 8.55. The van der Waals surface area contributed by atoms with Crippen LogP contribution in [0.2, 0.25) is 0 Å². The molecule has 0 saturated carbocycles. The zero-order valence-corrected chi connectivity index (χ0v) is 6.32. The highest BCUT2D eigenvalue weighted by Crippen LogP contribution is 2.11. The normalized spacial score (nSPS) is 14.2. The van der Waals surface area contributed by atoms with E-state index < -0.39 is 7.12 Å². The van der Waals surface area contributed by atoms with Gasteiger partial charge in [0.25, 0.3) is 0 Å². The molecule has 58 valence electrons. The van der Waals surface area contributed by atoms with E-state index in [4.69, 9.17) is 9.92 Å². The molecule has 0 fully saturated rings. The van der Waals surface area contributed by atoms with Crippen LogP contribution in [0.5, 0.6) is 0 Å². The summed E-state index contributed by atoms with van der Waals surface area (Å²) in [5, 5.41) is 18.0. The third kappa shape index (κ3) is 0.917. The highest BCUT2D eigenvalue weighted by Gasteiger charge is 2.29. The second kappa shape index (κ2) is 2.63. The lowest BCUT2D eigenvalue weighted by Gasteiger charge is -1.98. The molecule has 0 aromatic heterocycles. The average Bonchev–Trinajstić information content (AvgIpc) is 2.48. The van der Waals surface area contributed by atoms with Gasteiger partial charge in [0.1, 0.15) is 0 Å². The average molecular weight is 159 g/mol. The Morgan fingerprint density at radius 3 is 3.17 bits per heavy atom. The lowest BCUT2D eigenvalue weighted by molar-refractivity contribution is 0.275. The standard InChI is InChI=1S/C8H6BNO2/c10-4-6-2-1-3-7-5-12-9(11)8(6)7/h1-3,11H,5H2. The molecule has 1 aromatic carbocycles. The van der Waals surface area contributed by atoms with Crippen molar-refractivity contribution in [2.45, 2.75) is 6.61 Å².